The maximum atomic E-state index is 12.7. The number of non-ortho nitro benzene ring substituents is 1. The van der Waals surface area contributed by atoms with Crippen molar-refractivity contribution >= 4 is 29.0 Å². The molecular formula is C25H23N5O4S. The van der Waals surface area contributed by atoms with Crippen molar-refractivity contribution in [3.05, 3.63) is 88.0 Å². The van der Waals surface area contributed by atoms with Gasteiger partial charge in [0.1, 0.15) is 5.75 Å². The number of hydrogen-bond acceptors (Lipinski definition) is 7. The van der Waals surface area contributed by atoms with Crippen LogP contribution in [0.4, 0.5) is 11.4 Å². The van der Waals surface area contributed by atoms with Gasteiger partial charge in [-0.3, -0.25) is 19.5 Å². The number of hydrogen-bond donors (Lipinski definition) is 1. The predicted octanol–water partition coefficient (Wildman–Crippen LogP) is 5.20. The van der Waals surface area contributed by atoms with Crippen LogP contribution < -0.4 is 10.1 Å². The number of rotatable bonds is 8. The number of nitro benzene ring substituents is 1. The number of aromatic nitrogens is 3. The normalized spacial score (nSPS) is 10.7. The fourth-order valence-electron chi connectivity index (χ4n) is 3.44. The number of ether oxygens (including phenoxy) is 1. The Morgan fingerprint density at radius 2 is 1.77 bits per heavy atom. The van der Waals surface area contributed by atoms with E-state index in [9.17, 15) is 14.9 Å². The lowest BCUT2D eigenvalue weighted by atomic mass is 10.2. The van der Waals surface area contributed by atoms with Gasteiger partial charge in [-0.25, -0.2) is 0 Å². The molecular weight excluding hydrogens is 466 g/mol. The van der Waals surface area contributed by atoms with E-state index in [1.54, 1.807) is 14.0 Å². The van der Waals surface area contributed by atoms with Crippen LogP contribution in [0.15, 0.2) is 71.9 Å². The molecule has 0 radical (unpaired) electrons. The standard InChI is InChI=1S/C25H23N5O4S/c1-16-4-8-19(9-5-16)29-24(18-6-11-21(34-3)12-7-18)27-28-25(29)35-15-23(31)26-22-13-10-20(30(32)33)14-17(22)2/h4-14H,15H2,1-3H3,(H,26,31). The highest BCUT2D eigenvalue weighted by atomic mass is 32.2. The molecule has 1 N–H and O–H groups in total. The molecule has 0 unspecified atom stereocenters. The second-order valence-electron chi connectivity index (χ2n) is 7.80. The molecule has 0 atom stereocenters. The van der Waals surface area contributed by atoms with Crippen LogP contribution in [-0.2, 0) is 4.79 Å². The number of benzene rings is 3. The number of amides is 1. The minimum atomic E-state index is -0.466. The third-order valence-corrected chi connectivity index (χ3v) is 6.23. The zero-order chi connectivity index (χ0) is 24.9. The molecule has 0 aliphatic rings. The molecule has 0 aliphatic heterocycles. The molecule has 0 fully saturated rings. The average molecular weight is 490 g/mol. The van der Waals surface area contributed by atoms with Gasteiger partial charge in [0.15, 0.2) is 11.0 Å². The van der Waals surface area contributed by atoms with Gasteiger partial charge in [-0.1, -0.05) is 29.5 Å². The van der Waals surface area contributed by atoms with Gasteiger partial charge in [-0.2, -0.15) is 0 Å². The van der Waals surface area contributed by atoms with Crippen LogP contribution in [0.25, 0.3) is 17.1 Å². The third kappa shape index (κ3) is 5.49. The van der Waals surface area contributed by atoms with Crippen molar-refractivity contribution in [1.82, 2.24) is 14.8 Å². The van der Waals surface area contributed by atoms with Gasteiger partial charge in [0, 0.05) is 29.1 Å². The number of anilines is 1. The molecule has 0 spiro atoms. The lowest BCUT2D eigenvalue weighted by Crippen LogP contribution is -2.15. The van der Waals surface area contributed by atoms with Crippen LogP contribution in [0.1, 0.15) is 11.1 Å². The lowest BCUT2D eigenvalue weighted by molar-refractivity contribution is -0.384. The molecule has 1 amide bonds. The van der Waals surface area contributed by atoms with E-state index in [0.29, 0.717) is 22.2 Å². The summed E-state index contributed by atoms with van der Waals surface area (Å²) in [6, 6.07) is 19.8. The summed E-state index contributed by atoms with van der Waals surface area (Å²) in [4.78, 5) is 23.1. The smallest absolute Gasteiger partial charge is 0.269 e. The first kappa shape index (κ1) is 24.0. The number of aryl methyl sites for hydroxylation is 2. The van der Waals surface area contributed by atoms with Crippen LogP contribution in [0.3, 0.4) is 0 Å². The molecule has 178 valence electrons. The molecule has 1 aromatic heterocycles. The van der Waals surface area contributed by atoms with Crippen molar-refractivity contribution in [2.45, 2.75) is 19.0 Å². The van der Waals surface area contributed by atoms with E-state index in [2.05, 4.69) is 15.5 Å². The quantitative estimate of drug-likeness (QED) is 0.206. The number of carbonyl (C=O) groups is 1. The number of carbonyl (C=O) groups excluding carboxylic acids is 1. The first-order valence-corrected chi connectivity index (χ1v) is 11.7. The van der Waals surface area contributed by atoms with Gasteiger partial charge in [-0.15, -0.1) is 10.2 Å². The Kier molecular flexibility index (Phi) is 7.11. The highest BCUT2D eigenvalue weighted by Gasteiger charge is 2.18. The van der Waals surface area contributed by atoms with Gasteiger partial charge >= 0.3 is 0 Å². The van der Waals surface area contributed by atoms with Crippen molar-refractivity contribution in [2.75, 3.05) is 18.2 Å². The molecule has 4 rings (SSSR count). The van der Waals surface area contributed by atoms with Gasteiger partial charge in [-0.05, 0) is 61.9 Å². The summed E-state index contributed by atoms with van der Waals surface area (Å²) < 4.78 is 7.17. The maximum absolute atomic E-state index is 12.7. The van der Waals surface area contributed by atoms with E-state index in [1.807, 2.05) is 60.0 Å². The van der Waals surface area contributed by atoms with Crippen LogP contribution in [0.5, 0.6) is 5.75 Å². The van der Waals surface area contributed by atoms with Gasteiger partial charge in [0.2, 0.25) is 5.91 Å². The van der Waals surface area contributed by atoms with E-state index in [1.165, 1.54) is 30.0 Å². The molecule has 4 aromatic rings. The highest BCUT2D eigenvalue weighted by Crippen LogP contribution is 2.29. The monoisotopic (exact) mass is 489 g/mol. The number of nitrogens with one attached hydrogen (secondary N) is 1. The first-order valence-electron chi connectivity index (χ1n) is 10.7. The minimum absolute atomic E-state index is 0.0212. The molecule has 9 nitrogen and oxygen atoms in total. The molecule has 0 aliphatic carbocycles. The molecule has 10 heteroatoms. The maximum Gasteiger partial charge on any atom is 0.269 e. The number of nitro groups is 1. The topological polar surface area (TPSA) is 112 Å². The molecule has 3 aromatic carbocycles. The number of thioether (sulfide) groups is 1. The van der Waals surface area contributed by atoms with Crippen LogP contribution in [0, 0.1) is 24.0 Å². The minimum Gasteiger partial charge on any atom is -0.497 e. The van der Waals surface area contributed by atoms with E-state index in [0.717, 1.165) is 22.6 Å². The van der Waals surface area contributed by atoms with Gasteiger partial charge < -0.3 is 10.1 Å². The molecule has 0 saturated heterocycles. The number of methoxy groups -OCH3 is 1. The largest absolute Gasteiger partial charge is 0.497 e. The zero-order valence-corrected chi connectivity index (χ0v) is 20.2. The SMILES string of the molecule is COc1ccc(-c2nnc(SCC(=O)Nc3ccc([N+](=O)[O-])cc3C)n2-c2ccc(C)cc2)cc1. The average Bonchev–Trinajstić information content (AvgIpc) is 3.28. The van der Waals surface area contributed by atoms with E-state index in [4.69, 9.17) is 4.74 Å². The van der Waals surface area contributed by atoms with Crippen LogP contribution in [0.2, 0.25) is 0 Å². The van der Waals surface area contributed by atoms with Gasteiger partial charge in [0.25, 0.3) is 5.69 Å². The van der Waals surface area contributed by atoms with E-state index in [-0.39, 0.29) is 17.3 Å². The fraction of sp³-hybridized carbons (Fsp3) is 0.160. The second-order valence-corrected chi connectivity index (χ2v) is 8.74. The lowest BCUT2D eigenvalue weighted by Gasteiger charge is -2.12. The summed E-state index contributed by atoms with van der Waals surface area (Å²) in [5.41, 5.74) is 3.98. The number of nitrogens with zero attached hydrogens (tertiary/aromatic N) is 4. The summed E-state index contributed by atoms with van der Waals surface area (Å²) in [5.74, 6) is 1.22. The van der Waals surface area contributed by atoms with Crippen LogP contribution in [-0.4, -0.2) is 38.5 Å². The Labute approximate surface area is 206 Å². The fourth-order valence-corrected chi connectivity index (χ4v) is 4.19. The van der Waals surface area contributed by atoms with Gasteiger partial charge in [0.05, 0.1) is 17.8 Å². The Morgan fingerprint density at radius 3 is 2.40 bits per heavy atom. The Morgan fingerprint density at radius 1 is 1.06 bits per heavy atom. The molecule has 1 heterocycles. The zero-order valence-electron chi connectivity index (χ0n) is 19.4. The Balaban J connectivity index is 1.57. The molecule has 0 bridgehead atoms. The van der Waals surface area contributed by atoms with Crippen molar-refractivity contribution in [1.29, 1.82) is 0 Å². The Bertz CT molecular complexity index is 1370. The second kappa shape index (κ2) is 10.4. The summed E-state index contributed by atoms with van der Waals surface area (Å²) in [6.45, 7) is 3.73. The molecule has 0 saturated carbocycles. The predicted molar refractivity (Wildman–Crippen MR) is 135 cm³/mol. The summed E-state index contributed by atoms with van der Waals surface area (Å²) >= 11 is 1.25. The Hall–Kier alpha value is -4.18. The van der Waals surface area contributed by atoms with Crippen molar-refractivity contribution in [2.24, 2.45) is 0 Å². The summed E-state index contributed by atoms with van der Waals surface area (Å²) in [5, 5.41) is 23.1. The first-order chi connectivity index (χ1) is 16.9. The highest BCUT2D eigenvalue weighted by molar-refractivity contribution is 7.99. The summed E-state index contributed by atoms with van der Waals surface area (Å²) in [7, 11) is 1.61. The van der Waals surface area contributed by atoms with Crippen molar-refractivity contribution < 1.29 is 14.5 Å². The van der Waals surface area contributed by atoms with E-state index < -0.39 is 4.92 Å². The van der Waals surface area contributed by atoms with Crippen molar-refractivity contribution in [3.8, 4) is 22.8 Å². The molecule has 35 heavy (non-hydrogen) atoms. The summed E-state index contributed by atoms with van der Waals surface area (Å²) in [6.07, 6.45) is 0. The van der Waals surface area contributed by atoms with Crippen molar-refractivity contribution in [3.63, 3.8) is 0 Å². The van der Waals surface area contributed by atoms with Crippen LogP contribution >= 0.6 is 11.8 Å². The van der Waals surface area contributed by atoms with E-state index >= 15 is 0 Å². The third-order valence-electron chi connectivity index (χ3n) is 5.30.